The van der Waals surface area contributed by atoms with Crippen LogP contribution in [0.25, 0.3) is 33.5 Å². The molecule has 2 atom stereocenters. The summed E-state index contributed by atoms with van der Waals surface area (Å²) in [6.45, 7) is 4.50. The summed E-state index contributed by atoms with van der Waals surface area (Å²) >= 11 is 0. The highest BCUT2D eigenvalue weighted by atomic mass is 19.1. The standard InChI is InChI=1S/C27H33FN6O4/c1-2-36-8-9-37-10-11-38-17-24(35)32-20-4-3-5-21(13-20)34-7-6-18-14-29-26(33-27(18)34)23-16-31-25-22(23)12-19(28)15-30-25/h6-7,12,14-16,20-21H,2-5,8-11,13,17H2,1H3,(H,30,31)(H,32,35)/t20-,21+/m1/s1. The number of amides is 1. The highest BCUT2D eigenvalue weighted by Gasteiger charge is 2.26. The maximum absolute atomic E-state index is 13.8. The van der Waals surface area contributed by atoms with Crippen molar-refractivity contribution in [2.75, 3.05) is 39.6 Å². The molecular weight excluding hydrogens is 491 g/mol. The van der Waals surface area contributed by atoms with Gasteiger partial charge in [0.2, 0.25) is 5.91 Å². The Hall–Kier alpha value is -3.41. The number of fused-ring (bicyclic) bond motifs is 2. The number of aromatic nitrogens is 5. The SMILES string of the molecule is CCOCCOCCOCC(=O)N[C@@H]1CCC[C@H](n2ccc3cnc(-c4c[nH]c5ncc(F)cc45)nc32)C1. The molecule has 4 heterocycles. The van der Waals surface area contributed by atoms with Gasteiger partial charge < -0.3 is 29.1 Å². The van der Waals surface area contributed by atoms with Gasteiger partial charge in [-0.3, -0.25) is 4.79 Å². The minimum absolute atomic E-state index is 0.0130. The van der Waals surface area contributed by atoms with Crippen molar-refractivity contribution >= 4 is 28.0 Å². The second-order valence-corrected chi connectivity index (χ2v) is 9.39. The summed E-state index contributed by atoms with van der Waals surface area (Å²) in [5.74, 6) is -0.0164. The monoisotopic (exact) mass is 524 g/mol. The first kappa shape index (κ1) is 26.2. The quantitative estimate of drug-likeness (QED) is 0.271. The second-order valence-electron chi connectivity index (χ2n) is 9.39. The first-order valence-electron chi connectivity index (χ1n) is 13.1. The van der Waals surface area contributed by atoms with Gasteiger partial charge in [0, 0.05) is 53.6 Å². The number of hydrogen-bond acceptors (Lipinski definition) is 7. The molecule has 0 spiro atoms. The summed E-state index contributed by atoms with van der Waals surface area (Å²) < 4.78 is 32.1. The van der Waals surface area contributed by atoms with E-state index in [-0.39, 0.29) is 24.6 Å². The molecule has 0 unspecified atom stereocenters. The van der Waals surface area contributed by atoms with Gasteiger partial charge in [0.25, 0.3) is 0 Å². The van der Waals surface area contributed by atoms with E-state index >= 15 is 0 Å². The van der Waals surface area contributed by atoms with Crippen LogP contribution in [0.2, 0.25) is 0 Å². The number of aromatic amines is 1. The van der Waals surface area contributed by atoms with E-state index in [9.17, 15) is 9.18 Å². The summed E-state index contributed by atoms with van der Waals surface area (Å²) in [6.07, 6.45) is 10.5. The zero-order valence-electron chi connectivity index (χ0n) is 21.5. The zero-order chi connectivity index (χ0) is 26.3. The van der Waals surface area contributed by atoms with Gasteiger partial charge in [-0.1, -0.05) is 0 Å². The number of carbonyl (C=O) groups excluding carboxylic acids is 1. The van der Waals surface area contributed by atoms with E-state index in [0.717, 1.165) is 36.7 Å². The summed E-state index contributed by atoms with van der Waals surface area (Å²) in [6, 6.07) is 3.70. The summed E-state index contributed by atoms with van der Waals surface area (Å²) in [4.78, 5) is 29.0. The molecule has 0 bridgehead atoms. The Kier molecular flexibility index (Phi) is 8.57. The fraction of sp³-hybridized carbons (Fsp3) is 0.481. The Morgan fingerprint density at radius 2 is 2.00 bits per heavy atom. The van der Waals surface area contributed by atoms with E-state index < -0.39 is 5.82 Å². The number of rotatable bonds is 12. The fourth-order valence-corrected chi connectivity index (χ4v) is 4.99. The third-order valence-corrected chi connectivity index (χ3v) is 6.78. The van der Waals surface area contributed by atoms with Gasteiger partial charge in [-0.2, -0.15) is 0 Å². The molecule has 38 heavy (non-hydrogen) atoms. The third kappa shape index (κ3) is 6.17. The molecule has 202 valence electrons. The number of nitrogens with zero attached hydrogens (tertiary/aromatic N) is 4. The van der Waals surface area contributed by atoms with Crippen molar-refractivity contribution < 1.29 is 23.4 Å². The van der Waals surface area contributed by atoms with E-state index in [0.29, 0.717) is 55.5 Å². The summed E-state index contributed by atoms with van der Waals surface area (Å²) in [5.41, 5.74) is 2.11. The van der Waals surface area contributed by atoms with Crippen LogP contribution < -0.4 is 5.32 Å². The molecular formula is C27H33FN6O4. The molecule has 1 amide bonds. The first-order chi connectivity index (χ1) is 18.6. The fourth-order valence-electron chi connectivity index (χ4n) is 4.99. The predicted octanol–water partition coefficient (Wildman–Crippen LogP) is 3.78. The van der Waals surface area contributed by atoms with Crippen molar-refractivity contribution in [3.8, 4) is 11.4 Å². The topological polar surface area (TPSA) is 116 Å². The highest BCUT2D eigenvalue weighted by molar-refractivity contribution is 5.92. The van der Waals surface area contributed by atoms with Crippen molar-refractivity contribution in [3.63, 3.8) is 0 Å². The van der Waals surface area contributed by atoms with Crippen molar-refractivity contribution in [3.05, 3.63) is 42.7 Å². The summed E-state index contributed by atoms with van der Waals surface area (Å²) in [5, 5.41) is 4.69. The van der Waals surface area contributed by atoms with Crippen LogP contribution in [0.5, 0.6) is 0 Å². The maximum Gasteiger partial charge on any atom is 0.246 e. The number of carbonyl (C=O) groups is 1. The molecule has 1 aliphatic carbocycles. The van der Waals surface area contributed by atoms with Crippen LogP contribution in [0, 0.1) is 5.82 Å². The smallest absolute Gasteiger partial charge is 0.246 e. The van der Waals surface area contributed by atoms with Crippen LogP contribution in [0.1, 0.15) is 38.6 Å². The minimum Gasteiger partial charge on any atom is -0.379 e. The molecule has 0 aromatic carbocycles. The van der Waals surface area contributed by atoms with Crippen LogP contribution in [0.4, 0.5) is 4.39 Å². The molecule has 0 radical (unpaired) electrons. The number of ether oxygens (including phenoxy) is 3. The molecule has 4 aromatic heterocycles. The van der Waals surface area contributed by atoms with Gasteiger partial charge in [-0.05, 0) is 44.7 Å². The molecule has 10 nitrogen and oxygen atoms in total. The van der Waals surface area contributed by atoms with Gasteiger partial charge in [0.1, 0.15) is 23.7 Å². The average Bonchev–Trinajstić information content (AvgIpc) is 3.54. The predicted molar refractivity (Wildman–Crippen MR) is 140 cm³/mol. The Morgan fingerprint density at radius 3 is 2.87 bits per heavy atom. The van der Waals surface area contributed by atoms with Crippen molar-refractivity contribution in [1.82, 2.24) is 29.8 Å². The van der Waals surface area contributed by atoms with Crippen molar-refractivity contribution in [2.45, 2.75) is 44.7 Å². The highest BCUT2D eigenvalue weighted by Crippen LogP contribution is 2.33. The number of hydrogen-bond donors (Lipinski definition) is 2. The largest absolute Gasteiger partial charge is 0.379 e. The van der Waals surface area contributed by atoms with Crippen LogP contribution in [0.15, 0.2) is 36.9 Å². The molecule has 1 saturated carbocycles. The second kappa shape index (κ2) is 12.4. The normalized spacial score (nSPS) is 17.8. The van der Waals surface area contributed by atoms with Gasteiger partial charge >= 0.3 is 0 Å². The van der Waals surface area contributed by atoms with E-state index in [1.54, 1.807) is 12.4 Å². The Balaban J connectivity index is 1.20. The average molecular weight is 525 g/mol. The Labute approximate surface area is 219 Å². The molecule has 0 saturated heterocycles. The number of halogens is 1. The number of nitrogens with one attached hydrogen (secondary N) is 2. The molecule has 4 aromatic rings. The molecule has 1 aliphatic rings. The maximum atomic E-state index is 13.8. The van der Waals surface area contributed by atoms with Crippen LogP contribution >= 0.6 is 0 Å². The lowest BCUT2D eigenvalue weighted by atomic mass is 9.90. The van der Waals surface area contributed by atoms with Crippen LogP contribution in [-0.4, -0.2) is 76.1 Å². The van der Waals surface area contributed by atoms with Crippen LogP contribution in [0.3, 0.4) is 0 Å². The van der Waals surface area contributed by atoms with Crippen molar-refractivity contribution in [2.24, 2.45) is 0 Å². The summed E-state index contributed by atoms with van der Waals surface area (Å²) in [7, 11) is 0. The van der Waals surface area contributed by atoms with E-state index in [1.807, 2.05) is 19.2 Å². The van der Waals surface area contributed by atoms with E-state index in [4.69, 9.17) is 19.2 Å². The number of pyridine rings is 1. The van der Waals surface area contributed by atoms with E-state index in [1.165, 1.54) is 12.3 Å². The van der Waals surface area contributed by atoms with Gasteiger partial charge in [0.05, 0.1) is 32.6 Å². The molecule has 11 heteroatoms. The minimum atomic E-state index is -0.408. The van der Waals surface area contributed by atoms with Gasteiger partial charge in [-0.25, -0.2) is 19.3 Å². The molecule has 1 fully saturated rings. The Bertz CT molecular complexity index is 1370. The first-order valence-corrected chi connectivity index (χ1v) is 13.1. The van der Waals surface area contributed by atoms with Gasteiger partial charge in [-0.15, -0.1) is 0 Å². The van der Waals surface area contributed by atoms with Gasteiger partial charge in [0.15, 0.2) is 5.82 Å². The molecule has 5 rings (SSSR count). The molecule has 2 N–H and O–H groups in total. The lowest BCUT2D eigenvalue weighted by Gasteiger charge is -2.31. The third-order valence-electron chi connectivity index (χ3n) is 6.78. The van der Waals surface area contributed by atoms with E-state index in [2.05, 4.69) is 24.8 Å². The number of H-pyrrole nitrogens is 1. The molecule has 0 aliphatic heterocycles. The zero-order valence-corrected chi connectivity index (χ0v) is 21.5. The Morgan fingerprint density at radius 1 is 1.16 bits per heavy atom. The van der Waals surface area contributed by atoms with Crippen LogP contribution in [-0.2, 0) is 19.0 Å². The lowest BCUT2D eigenvalue weighted by Crippen LogP contribution is -2.40. The lowest BCUT2D eigenvalue weighted by molar-refractivity contribution is -0.127. The van der Waals surface area contributed by atoms with Crippen molar-refractivity contribution in [1.29, 1.82) is 0 Å².